The summed E-state index contributed by atoms with van der Waals surface area (Å²) in [5.41, 5.74) is 3.08. The van der Waals surface area contributed by atoms with Crippen molar-refractivity contribution >= 4 is 21.7 Å². The van der Waals surface area contributed by atoms with Gasteiger partial charge in [0.05, 0.1) is 0 Å². The Bertz CT molecular complexity index is 574. The zero-order valence-electron chi connectivity index (χ0n) is 13.1. The molecule has 2 rings (SSSR count). The van der Waals surface area contributed by atoms with Crippen LogP contribution in [0.5, 0.6) is 0 Å². The molecule has 0 aromatic heterocycles. The molecule has 0 amide bonds. The van der Waals surface area contributed by atoms with Gasteiger partial charge in [0.1, 0.15) is 4.83 Å². The van der Waals surface area contributed by atoms with Gasteiger partial charge in [0.25, 0.3) is 0 Å². The van der Waals surface area contributed by atoms with E-state index in [0.717, 1.165) is 17.5 Å². The van der Waals surface area contributed by atoms with Crippen molar-refractivity contribution in [2.24, 2.45) is 0 Å². The molecule has 0 aliphatic heterocycles. The van der Waals surface area contributed by atoms with Crippen LogP contribution in [0.25, 0.3) is 0 Å². The number of halogens is 1. The molecule has 0 aliphatic carbocycles. The lowest BCUT2D eigenvalue weighted by atomic mass is 10.00. The van der Waals surface area contributed by atoms with Gasteiger partial charge in [-0.1, -0.05) is 96.7 Å². The Hall–Kier alpha value is -1.41. The molecular formula is C20H23BrO. The zero-order valence-corrected chi connectivity index (χ0v) is 14.7. The molecule has 2 aromatic carbocycles. The third-order valence-electron chi connectivity index (χ3n) is 3.88. The van der Waals surface area contributed by atoms with Crippen molar-refractivity contribution in [3.8, 4) is 0 Å². The SMILES string of the molecule is CCCCCCc1ccc(C(=O)C(Br)c2ccccc2)cc1. The molecule has 0 bridgehead atoms. The monoisotopic (exact) mass is 358 g/mol. The van der Waals surface area contributed by atoms with Crippen LogP contribution in [0.4, 0.5) is 0 Å². The van der Waals surface area contributed by atoms with Crippen LogP contribution < -0.4 is 0 Å². The lowest BCUT2D eigenvalue weighted by Gasteiger charge is -2.10. The molecule has 0 saturated heterocycles. The molecule has 2 heteroatoms. The number of rotatable bonds is 8. The number of unbranched alkanes of at least 4 members (excludes halogenated alkanes) is 3. The van der Waals surface area contributed by atoms with Gasteiger partial charge in [-0.15, -0.1) is 0 Å². The van der Waals surface area contributed by atoms with Gasteiger partial charge in [0.15, 0.2) is 5.78 Å². The first-order valence-corrected chi connectivity index (χ1v) is 8.96. The van der Waals surface area contributed by atoms with Crippen molar-refractivity contribution in [3.05, 3.63) is 71.3 Å². The summed E-state index contributed by atoms with van der Waals surface area (Å²) >= 11 is 3.52. The molecule has 116 valence electrons. The van der Waals surface area contributed by atoms with Gasteiger partial charge in [0, 0.05) is 5.56 Å². The van der Waals surface area contributed by atoms with Gasteiger partial charge in [-0.2, -0.15) is 0 Å². The van der Waals surface area contributed by atoms with Gasteiger partial charge < -0.3 is 0 Å². The smallest absolute Gasteiger partial charge is 0.180 e. The number of benzene rings is 2. The highest BCUT2D eigenvalue weighted by molar-refractivity contribution is 9.09. The Labute approximate surface area is 141 Å². The maximum absolute atomic E-state index is 12.5. The summed E-state index contributed by atoms with van der Waals surface area (Å²) in [6.07, 6.45) is 6.18. The van der Waals surface area contributed by atoms with Crippen molar-refractivity contribution in [2.75, 3.05) is 0 Å². The average molecular weight is 359 g/mol. The normalized spacial score (nSPS) is 12.1. The number of hydrogen-bond donors (Lipinski definition) is 0. The van der Waals surface area contributed by atoms with Crippen molar-refractivity contribution in [2.45, 2.75) is 43.9 Å². The summed E-state index contributed by atoms with van der Waals surface area (Å²) in [6.45, 7) is 2.23. The van der Waals surface area contributed by atoms with Crippen LogP contribution in [0.3, 0.4) is 0 Å². The van der Waals surface area contributed by atoms with Gasteiger partial charge in [-0.3, -0.25) is 4.79 Å². The van der Waals surface area contributed by atoms with Gasteiger partial charge in [-0.25, -0.2) is 0 Å². The summed E-state index contributed by atoms with van der Waals surface area (Å²) in [4.78, 5) is 12.2. The Kier molecular flexibility index (Phi) is 6.85. The van der Waals surface area contributed by atoms with Crippen LogP contribution in [0.1, 0.15) is 58.9 Å². The number of Topliss-reactive ketones (excluding diaryl/α,β-unsaturated/α-hetero) is 1. The molecule has 0 heterocycles. The summed E-state index contributed by atoms with van der Waals surface area (Å²) < 4.78 is 0. The Balaban J connectivity index is 1.96. The molecule has 1 nitrogen and oxygen atoms in total. The number of aryl methyl sites for hydroxylation is 1. The first-order valence-electron chi connectivity index (χ1n) is 8.04. The number of carbonyl (C=O) groups excluding carboxylic acids is 1. The van der Waals surface area contributed by atoms with E-state index >= 15 is 0 Å². The molecule has 0 saturated carbocycles. The first-order chi connectivity index (χ1) is 10.7. The van der Waals surface area contributed by atoms with Gasteiger partial charge in [0.2, 0.25) is 0 Å². The molecule has 2 aromatic rings. The second-order valence-corrected chi connectivity index (χ2v) is 6.56. The van der Waals surface area contributed by atoms with Crippen molar-refractivity contribution < 1.29 is 4.79 Å². The van der Waals surface area contributed by atoms with Crippen LogP contribution >= 0.6 is 15.9 Å². The van der Waals surface area contributed by atoms with E-state index in [4.69, 9.17) is 0 Å². The third kappa shape index (κ3) is 4.81. The van der Waals surface area contributed by atoms with E-state index in [1.807, 2.05) is 42.5 Å². The summed E-state index contributed by atoms with van der Waals surface area (Å²) in [7, 11) is 0. The number of ketones is 1. The second-order valence-electron chi connectivity index (χ2n) is 5.65. The topological polar surface area (TPSA) is 17.1 Å². The fourth-order valence-electron chi connectivity index (χ4n) is 2.51. The highest BCUT2D eigenvalue weighted by atomic mass is 79.9. The maximum Gasteiger partial charge on any atom is 0.180 e. The minimum Gasteiger partial charge on any atom is -0.293 e. The van der Waals surface area contributed by atoms with E-state index in [1.54, 1.807) is 0 Å². The van der Waals surface area contributed by atoms with Crippen LogP contribution in [0.15, 0.2) is 54.6 Å². The lowest BCUT2D eigenvalue weighted by Crippen LogP contribution is -2.07. The van der Waals surface area contributed by atoms with Gasteiger partial charge in [-0.05, 0) is 24.0 Å². The molecular weight excluding hydrogens is 336 g/mol. The Morgan fingerprint density at radius 2 is 1.64 bits per heavy atom. The third-order valence-corrected chi connectivity index (χ3v) is 4.82. The maximum atomic E-state index is 12.5. The predicted molar refractivity (Wildman–Crippen MR) is 96.7 cm³/mol. The zero-order chi connectivity index (χ0) is 15.8. The summed E-state index contributed by atoms with van der Waals surface area (Å²) in [5.74, 6) is 0.115. The van der Waals surface area contributed by atoms with E-state index in [0.29, 0.717) is 0 Å². The summed E-state index contributed by atoms with van der Waals surface area (Å²) in [5, 5.41) is 0. The fraction of sp³-hybridized carbons (Fsp3) is 0.350. The predicted octanol–water partition coefficient (Wildman–Crippen LogP) is 6.13. The molecule has 1 unspecified atom stereocenters. The first kappa shape index (κ1) is 17.0. The molecule has 0 N–H and O–H groups in total. The highest BCUT2D eigenvalue weighted by Gasteiger charge is 2.18. The van der Waals surface area contributed by atoms with Crippen LogP contribution in [-0.4, -0.2) is 5.78 Å². The van der Waals surface area contributed by atoms with Crippen LogP contribution in [-0.2, 0) is 6.42 Å². The van der Waals surface area contributed by atoms with E-state index in [-0.39, 0.29) is 10.6 Å². The second kappa shape index (κ2) is 8.89. The molecule has 0 fully saturated rings. The molecule has 0 radical (unpaired) electrons. The average Bonchev–Trinajstić information content (AvgIpc) is 2.59. The Morgan fingerprint density at radius 1 is 0.955 bits per heavy atom. The van der Waals surface area contributed by atoms with Gasteiger partial charge >= 0.3 is 0 Å². The number of alkyl halides is 1. The lowest BCUT2D eigenvalue weighted by molar-refractivity contribution is 0.0991. The largest absolute Gasteiger partial charge is 0.293 e. The van der Waals surface area contributed by atoms with E-state index < -0.39 is 0 Å². The molecule has 0 spiro atoms. The molecule has 22 heavy (non-hydrogen) atoms. The number of hydrogen-bond acceptors (Lipinski definition) is 1. The standard InChI is InChI=1S/C20H23BrO/c1-2-3-4-6-9-16-12-14-18(15-13-16)20(22)19(21)17-10-7-5-8-11-17/h5,7-8,10-15,19H,2-4,6,9H2,1H3. The molecule has 0 aliphatic rings. The highest BCUT2D eigenvalue weighted by Crippen LogP contribution is 2.27. The van der Waals surface area contributed by atoms with Crippen molar-refractivity contribution in [1.29, 1.82) is 0 Å². The minimum atomic E-state index is -0.274. The summed E-state index contributed by atoms with van der Waals surface area (Å²) in [6, 6.07) is 17.9. The quantitative estimate of drug-likeness (QED) is 0.315. The molecule has 1 atom stereocenters. The van der Waals surface area contributed by atoms with E-state index in [9.17, 15) is 4.79 Å². The number of carbonyl (C=O) groups is 1. The van der Waals surface area contributed by atoms with E-state index in [1.165, 1.54) is 31.2 Å². The van der Waals surface area contributed by atoms with E-state index in [2.05, 4.69) is 35.0 Å². The Morgan fingerprint density at radius 3 is 2.27 bits per heavy atom. The van der Waals surface area contributed by atoms with Crippen molar-refractivity contribution in [3.63, 3.8) is 0 Å². The van der Waals surface area contributed by atoms with Crippen LogP contribution in [0.2, 0.25) is 0 Å². The van der Waals surface area contributed by atoms with Crippen molar-refractivity contribution in [1.82, 2.24) is 0 Å². The minimum absolute atomic E-state index is 0.115. The fourth-order valence-corrected chi connectivity index (χ4v) is 3.08. The van der Waals surface area contributed by atoms with Crippen LogP contribution in [0, 0.1) is 0 Å².